The molecule has 312 valence electrons. The molecule has 5 aromatic rings. The van der Waals surface area contributed by atoms with Crippen molar-refractivity contribution in [2.24, 2.45) is 5.41 Å². The third-order valence-corrected chi connectivity index (χ3v) is 11.7. The molecule has 11 nitrogen and oxygen atoms in total. The van der Waals surface area contributed by atoms with E-state index in [0.717, 1.165) is 96.8 Å². The number of hydrogen-bond donors (Lipinski definition) is 2. The van der Waals surface area contributed by atoms with Gasteiger partial charge in [-0.25, -0.2) is 9.50 Å². The van der Waals surface area contributed by atoms with Crippen LogP contribution in [0.2, 0.25) is 0 Å². The lowest BCUT2D eigenvalue weighted by Gasteiger charge is -2.37. The number of aromatic nitrogens is 3. The zero-order valence-electron chi connectivity index (χ0n) is 34.4. The Bertz CT molecular complexity index is 2260. The highest BCUT2D eigenvalue weighted by Crippen LogP contribution is 2.32. The lowest BCUT2D eigenvalue weighted by Crippen LogP contribution is -2.51. The summed E-state index contributed by atoms with van der Waals surface area (Å²) < 4.78 is 1.91. The largest absolute Gasteiger partial charge is 0.374 e. The Hall–Kier alpha value is -4.81. The zero-order chi connectivity index (χ0) is 39.7. The molecule has 2 N–H and O–H groups in total. The third kappa shape index (κ3) is 10.5. The molecule has 8 rings (SSSR count). The van der Waals surface area contributed by atoms with Gasteiger partial charge in [-0.2, -0.15) is 5.10 Å². The second kappa shape index (κ2) is 18.6. The summed E-state index contributed by atoms with van der Waals surface area (Å²) >= 11 is 0. The first-order chi connectivity index (χ1) is 27.4. The van der Waals surface area contributed by atoms with E-state index in [-0.39, 0.29) is 54.0 Å². The first-order valence-corrected chi connectivity index (χ1v) is 20.4. The summed E-state index contributed by atoms with van der Waals surface area (Å²) in [4.78, 5) is 48.2. The van der Waals surface area contributed by atoms with Crippen LogP contribution in [0.15, 0.2) is 85.3 Å². The Balaban J connectivity index is 0.00000293. The van der Waals surface area contributed by atoms with Crippen LogP contribution < -0.4 is 10.6 Å². The van der Waals surface area contributed by atoms with Gasteiger partial charge in [0.15, 0.2) is 0 Å². The molecule has 5 heterocycles. The smallest absolute Gasteiger partial charge is 0.249 e. The predicted octanol–water partition coefficient (Wildman–Crippen LogP) is 7.50. The Morgan fingerprint density at radius 1 is 0.797 bits per heavy atom. The van der Waals surface area contributed by atoms with Gasteiger partial charge in [-0.3, -0.25) is 29.5 Å². The minimum atomic E-state index is -0.369. The van der Waals surface area contributed by atoms with Crippen molar-refractivity contribution >= 4 is 53.7 Å². The molecule has 3 amide bonds. The van der Waals surface area contributed by atoms with Crippen molar-refractivity contribution in [2.45, 2.75) is 78.4 Å². The number of anilines is 1. The molecule has 3 aliphatic rings. The lowest BCUT2D eigenvalue weighted by atomic mass is 9.89. The number of rotatable bonds is 10. The van der Waals surface area contributed by atoms with Crippen molar-refractivity contribution in [1.82, 2.24) is 34.6 Å². The molecule has 2 aromatic heterocycles. The number of nitrogens with zero attached hydrogens (tertiary/aromatic N) is 6. The van der Waals surface area contributed by atoms with Crippen molar-refractivity contribution in [3.63, 3.8) is 0 Å². The fourth-order valence-electron chi connectivity index (χ4n) is 8.64. The topological polar surface area (TPSA) is 115 Å². The molecule has 3 saturated heterocycles. The van der Waals surface area contributed by atoms with Crippen molar-refractivity contribution in [3.8, 4) is 22.4 Å². The van der Waals surface area contributed by atoms with Gasteiger partial charge in [0.05, 0.1) is 17.8 Å². The normalized spacial score (nSPS) is 18.3. The standard InChI is InChI=1S/C46H54N8O3.2ClH/c1-31-23-36(9-10-37(31)26-53-22-21-52(28-43(53)56)29-46(2,3)4)44-41-24-38(27-54(41)48-30-47-44)34-7-5-32(6-8-34)25-51-19-17-35(18-20-51)33-11-13-39(14-12-33)49-40-15-16-42(55)50-45(40)57;;/h5-14,23-24,27,30,35,40,49H,15-22,25-26,28-29H2,1-4H3,(H,50,55,57);2*1H. The second-order valence-electron chi connectivity index (χ2n) is 17.4. The molecule has 0 aliphatic carbocycles. The summed E-state index contributed by atoms with van der Waals surface area (Å²) in [6.07, 6.45) is 6.79. The van der Waals surface area contributed by atoms with Crippen LogP contribution in [0, 0.1) is 12.3 Å². The van der Waals surface area contributed by atoms with Gasteiger partial charge >= 0.3 is 0 Å². The first-order valence-electron chi connectivity index (χ1n) is 20.4. The van der Waals surface area contributed by atoms with Crippen LogP contribution in [-0.4, -0.2) is 92.3 Å². The monoisotopic (exact) mass is 838 g/mol. The maximum Gasteiger partial charge on any atom is 0.249 e. The van der Waals surface area contributed by atoms with Crippen LogP contribution in [0.5, 0.6) is 0 Å². The average Bonchev–Trinajstić information content (AvgIpc) is 3.63. The molecular formula is C46H56Cl2N8O3. The molecule has 0 bridgehead atoms. The summed E-state index contributed by atoms with van der Waals surface area (Å²) in [5, 5.41) is 10.2. The number of carbonyl (C=O) groups is 3. The highest BCUT2D eigenvalue weighted by atomic mass is 35.5. The van der Waals surface area contributed by atoms with Crippen molar-refractivity contribution in [2.75, 3.05) is 44.6 Å². The molecule has 0 saturated carbocycles. The van der Waals surface area contributed by atoms with Crippen LogP contribution in [-0.2, 0) is 27.5 Å². The molecule has 3 fully saturated rings. The highest BCUT2D eigenvalue weighted by Gasteiger charge is 2.28. The molecule has 13 heteroatoms. The number of carbonyl (C=O) groups excluding carboxylic acids is 3. The summed E-state index contributed by atoms with van der Waals surface area (Å²) in [5.41, 5.74) is 11.1. The number of piperidine rings is 2. The molecule has 0 radical (unpaired) electrons. The number of benzene rings is 3. The summed E-state index contributed by atoms with van der Waals surface area (Å²) in [7, 11) is 0. The number of halogens is 2. The van der Waals surface area contributed by atoms with Crippen molar-refractivity contribution in [1.29, 1.82) is 0 Å². The van der Waals surface area contributed by atoms with Gasteiger partial charge < -0.3 is 10.2 Å². The Labute approximate surface area is 359 Å². The number of aryl methyl sites for hydroxylation is 1. The van der Waals surface area contributed by atoms with Crippen LogP contribution >= 0.6 is 24.8 Å². The highest BCUT2D eigenvalue weighted by molar-refractivity contribution is 6.01. The number of piperazine rings is 1. The molecular weight excluding hydrogens is 783 g/mol. The van der Waals surface area contributed by atoms with Gasteiger partial charge in [-0.05, 0) is 103 Å². The van der Waals surface area contributed by atoms with E-state index in [1.165, 1.54) is 11.1 Å². The van der Waals surface area contributed by atoms with E-state index < -0.39 is 0 Å². The Kier molecular flexibility index (Phi) is 13.8. The van der Waals surface area contributed by atoms with E-state index in [2.05, 4.69) is 132 Å². The summed E-state index contributed by atoms with van der Waals surface area (Å²) in [5.74, 6) is 0.266. The Morgan fingerprint density at radius 2 is 1.53 bits per heavy atom. The van der Waals surface area contributed by atoms with E-state index >= 15 is 0 Å². The SMILES string of the molecule is Cc1cc(-c2ncnn3cc(-c4ccc(CN5CCC(c6ccc(NC7CCC(=O)NC7=O)cc6)CC5)cc4)cc23)ccc1CN1CCN(CC(C)(C)C)CC1=O.Cl.Cl. The van der Waals surface area contributed by atoms with Gasteiger partial charge in [0.2, 0.25) is 17.7 Å². The van der Waals surface area contributed by atoms with E-state index in [4.69, 9.17) is 4.98 Å². The van der Waals surface area contributed by atoms with E-state index in [1.807, 2.05) is 9.42 Å². The van der Waals surface area contributed by atoms with Crippen molar-refractivity contribution < 1.29 is 14.4 Å². The fourth-order valence-corrected chi connectivity index (χ4v) is 8.64. The molecule has 59 heavy (non-hydrogen) atoms. The summed E-state index contributed by atoms with van der Waals surface area (Å²) in [6, 6.07) is 25.6. The number of nitrogens with one attached hydrogen (secondary N) is 2. The van der Waals surface area contributed by atoms with E-state index in [1.54, 1.807) is 6.33 Å². The van der Waals surface area contributed by atoms with Gasteiger partial charge in [-0.15, -0.1) is 24.8 Å². The molecule has 1 unspecified atom stereocenters. The lowest BCUT2D eigenvalue weighted by molar-refractivity contribution is -0.137. The number of likely N-dealkylation sites (tertiary alicyclic amines) is 1. The van der Waals surface area contributed by atoms with Crippen LogP contribution in [0.25, 0.3) is 27.9 Å². The zero-order valence-corrected chi connectivity index (χ0v) is 36.1. The van der Waals surface area contributed by atoms with Gasteiger partial charge in [0, 0.05) is 62.2 Å². The van der Waals surface area contributed by atoms with Crippen LogP contribution in [0.4, 0.5) is 5.69 Å². The minimum absolute atomic E-state index is 0. The molecule has 3 aliphatic heterocycles. The Morgan fingerprint density at radius 3 is 2.20 bits per heavy atom. The number of amides is 3. The van der Waals surface area contributed by atoms with E-state index in [9.17, 15) is 14.4 Å². The maximum atomic E-state index is 13.0. The van der Waals surface area contributed by atoms with Gasteiger partial charge in [0.1, 0.15) is 12.4 Å². The quantitative estimate of drug-likeness (QED) is 0.139. The van der Waals surface area contributed by atoms with Gasteiger partial charge in [-0.1, -0.05) is 69.3 Å². The van der Waals surface area contributed by atoms with E-state index in [0.29, 0.717) is 31.8 Å². The fraction of sp³-hybridized carbons (Fsp3) is 0.413. The number of hydrogen-bond acceptors (Lipinski definition) is 8. The van der Waals surface area contributed by atoms with Crippen LogP contribution in [0.3, 0.4) is 0 Å². The average molecular weight is 840 g/mol. The number of imide groups is 1. The predicted molar refractivity (Wildman–Crippen MR) is 238 cm³/mol. The molecule has 0 spiro atoms. The second-order valence-corrected chi connectivity index (χ2v) is 17.4. The van der Waals surface area contributed by atoms with Gasteiger partial charge in [0.25, 0.3) is 0 Å². The third-order valence-electron chi connectivity index (χ3n) is 11.7. The molecule has 1 atom stereocenters. The first kappa shape index (κ1) is 43.8. The maximum absolute atomic E-state index is 13.0. The number of fused-ring (bicyclic) bond motifs is 1. The summed E-state index contributed by atoms with van der Waals surface area (Å²) in [6.45, 7) is 15.5. The minimum Gasteiger partial charge on any atom is -0.374 e. The van der Waals surface area contributed by atoms with Crippen LogP contribution in [0.1, 0.15) is 74.6 Å². The van der Waals surface area contributed by atoms with Crippen molar-refractivity contribution in [3.05, 3.63) is 108 Å². The molecule has 3 aromatic carbocycles.